The van der Waals surface area contributed by atoms with Gasteiger partial charge >= 0.3 is 0 Å². The molecule has 4 heterocycles. The van der Waals surface area contributed by atoms with Crippen molar-refractivity contribution in [2.75, 3.05) is 27.1 Å². The zero-order valence-electron chi connectivity index (χ0n) is 16.3. The number of aromatic nitrogens is 3. The van der Waals surface area contributed by atoms with Gasteiger partial charge in [0.2, 0.25) is 0 Å². The van der Waals surface area contributed by atoms with Crippen LogP contribution in [-0.2, 0) is 16.0 Å². The summed E-state index contributed by atoms with van der Waals surface area (Å²) in [6.07, 6.45) is 2.39. The average Bonchev–Trinajstić information content (AvgIpc) is 3.22. The highest BCUT2D eigenvalue weighted by molar-refractivity contribution is 5.98. The van der Waals surface area contributed by atoms with E-state index >= 15 is 0 Å². The van der Waals surface area contributed by atoms with Crippen LogP contribution in [0.1, 0.15) is 30.8 Å². The lowest BCUT2D eigenvalue weighted by Crippen LogP contribution is -2.44. The van der Waals surface area contributed by atoms with E-state index in [4.69, 9.17) is 9.47 Å². The molecule has 1 aliphatic heterocycles. The molecule has 1 aliphatic rings. The molecule has 0 aliphatic carbocycles. The number of hydrogen-bond donors (Lipinski definition) is 0. The summed E-state index contributed by atoms with van der Waals surface area (Å²) in [7, 11) is 1.64. The second-order valence-electron chi connectivity index (χ2n) is 7.63. The van der Waals surface area contributed by atoms with Gasteiger partial charge in [0.25, 0.3) is 11.5 Å². The van der Waals surface area contributed by atoms with E-state index in [1.165, 1.54) is 4.40 Å². The fraction of sp³-hybridized carbons (Fsp3) is 0.450. The Morgan fingerprint density at radius 2 is 2.18 bits per heavy atom. The quantitative estimate of drug-likeness (QED) is 0.628. The van der Waals surface area contributed by atoms with Gasteiger partial charge in [-0.1, -0.05) is 6.07 Å². The van der Waals surface area contributed by atoms with Crippen molar-refractivity contribution in [2.45, 2.75) is 32.4 Å². The van der Waals surface area contributed by atoms with Crippen molar-refractivity contribution in [1.82, 2.24) is 18.9 Å². The summed E-state index contributed by atoms with van der Waals surface area (Å²) in [6.45, 7) is 5.74. The van der Waals surface area contributed by atoms with E-state index in [1.54, 1.807) is 36.4 Å². The van der Waals surface area contributed by atoms with E-state index in [1.807, 2.05) is 24.5 Å². The largest absolute Gasteiger partial charge is 0.385 e. The number of fused-ring (bicyclic) bond motifs is 2. The SMILES string of the molecule is COCCCn1c(C(=O)N2COCC2(C)C)cc2c(=O)n3ccccc3nc21. The minimum absolute atomic E-state index is 0.161. The molecular formula is C20H24N4O4. The van der Waals surface area contributed by atoms with Gasteiger partial charge in [0.1, 0.15) is 23.7 Å². The fourth-order valence-corrected chi connectivity index (χ4v) is 3.63. The lowest BCUT2D eigenvalue weighted by atomic mass is 10.1. The van der Waals surface area contributed by atoms with Crippen molar-refractivity contribution in [3.8, 4) is 0 Å². The summed E-state index contributed by atoms with van der Waals surface area (Å²) in [5, 5.41) is 0.433. The number of hydrogen-bond acceptors (Lipinski definition) is 5. The molecule has 0 spiro atoms. The third-order valence-corrected chi connectivity index (χ3v) is 5.18. The summed E-state index contributed by atoms with van der Waals surface area (Å²) < 4.78 is 14.0. The first kappa shape index (κ1) is 18.6. The Kier molecular flexibility index (Phi) is 4.68. The Bertz CT molecular complexity index is 1100. The molecule has 0 unspecified atom stereocenters. The van der Waals surface area contributed by atoms with Crippen LogP contribution in [0.3, 0.4) is 0 Å². The number of methoxy groups -OCH3 is 1. The molecule has 0 N–H and O–H groups in total. The van der Waals surface area contributed by atoms with Crippen LogP contribution in [0.5, 0.6) is 0 Å². The summed E-state index contributed by atoms with van der Waals surface area (Å²) in [5.74, 6) is -0.161. The van der Waals surface area contributed by atoms with Gasteiger partial charge in [-0.15, -0.1) is 0 Å². The summed E-state index contributed by atoms with van der Waals surface area (Å²) in [4.78, 5) is 32.7. The molecule has 0 radical (unpaired) electrons. The van der Waals surface area contributed by atoms with E-state index in [9.17, 15) is 9.59 Å². The molecule has 0 bridgehead atoms. The Labute approximate surface area is 162 Å². The maximum absolute atomic E-state index is 13.3. The van der Waals surface area contributed by atoms with Gasteiger partial charge in [0.05, 0.1) is 17.5 Å². The highest BCUT2D eigenvalue weighted by Gasteiger charge is 2.38. The number of rotatable bonds is 5. The second-order valence-corrected chi connectivity index (χ2v) is 7.63. The third kappa shape index (κ3) is 2.98. The topological polar surface area (TPSA) is 78.1 Å². The number of carbonyl (C=O) groups excluding carboxylic acids is 1. The molecule has 3 aromatic heterocycles. The molecule has 0 atom stereocenters. The van der Waals surface area contributed by atoms with Gasteiger partial charge < -0.3 is 18.9 Å². The van der Waals surface area contributed by atoms with Gasteiger partial charge in [-0.05, 0) is 38.5 Å². The average molecular weight is 384 g/mol. The number of nitrogens with zero attached hydrogens (tertiary/aromatic N) is 4. The van der Waals surface area contributed by atoms with Gasteiger partial charge in [-0.3, -0.25) is 14.0 Å². The molecule has 1 fully saturated rings. The molecule has 0 saturated carbocycles. The standard InChI is InChI=1S/C20H24N4O4/c1-20(2)12-28-13-24(20)19(26)15-11-14-17(22(15)9-6-10-27-3)21-16-7-4-5-8-23(16)18(14)25/h4-5,7-8,11H,6,9-10,12-13H2,1-3H3. The molecule has 28 heavy (non-hydrogen) atoms. The molecular weight excluding hydrogens is 360 g/mol. The molecule has 0 aromatic carbocycles. The van der Waals surface area contributed by atoms with Gasteiger partial charge in [-0.2, -0.15) is 0 Å². The molecule has 3 aromatic rings. The third-order valence-electron chi connectivity index (χ3n) is 5.18. The van der Waals surface area contributed by atoms with Crippen molar-refractivity contribution in [3.05, 3.63) is 46.5 Å². The maximum Gasteiger partial charge on any atom is 0.272 e. The van der Waals surface area contributed by atoms with E-state index in [0.717, 1.165) is 0 Å². The van der Waals surface area contributed by atoms with E-state index in [0.29, 0.717) is 48.6 Å². The van der Waals surface area contributed by atoms with Gasteiger partial charge in [-0.25, -0.2) is 4.98 Å². The molecule has 4 rings (SSSR count). The number of aryl methyl sites for hydroxylation is 1. The predicted octanol–water partition coefficient (Wildman–Crippen LogP) is 1.89. The van der Waals surface area contributed by atoms with Crippen molar-refractivity contribution < 1.29 is 14.3 Å². The predicted molar refractivity (Wildman–Crippen MR) is 105 cm³/mol. The number of amides is 1. The normalized spacial score (nSPS) is 16.3. The first-order valence-corrected chi connectivity index (χ1v) is 9.33. The van der Waals surface area contributed by atoms with Crippen LogP contribution in [0.25, 0.3) is 16.7 Å². The highest BCUT2D eigenvalue weighted by Crippen LogP contribution is 2.26. The van der Waals surface area contributed by atoms with Crippen LogP contribution in [0, 0.1) is 0 Å². The Hall–Kier alpha value is -2.71. The van der Waals surface area contributed by atoms with Gasteiger partial charge in [0.15, 0.2) is 0 Å². The van der Waals surface area contributed by atoms with E-state index < -0.39 is 5.54 Å². The van der Waals surface area contributed by atoms with Crippen molar-refractivity contribution in [1.29, 1.82) is 0 Å². The summed E-state index contributed by atoms with van der Waals surface area (Å²) in [6, 6.07) is 7.06. The molecule has 8 nitrogen and oxygen atoms in total. The lowest BCUT2D eigenvalue weighted by Gasteiger charge is -2.29. The van der Waals surface area contributed by atoms with E-state index in [2.05, 4.69) is 4.98 Å². The maximum atomic E-state index is 13.3. The van der Waals surface area contributed by atoms with Crippen molar-refractivity contribution in [3.63, 3.8) is 0 Å². The number of pyridine rings is 1. The zero-order valence-corrected chi connectivity index (χ0v) is 16.3. The highest BCUT2D eigenvalue weighted by atomic mass is 16.5. The number of carbonyl (C=O) groups is 1. The molecule has 148 valence electrons. The van der Waals surface area contributed by atoms with Crippen LogP contribution in [-0.4, -0.2) is 57.4 Å². The van der Waals surface area contributed by atoms with Crippen LogP contribution in [0.4, 0.5) is 0 Å². The molecule has 1 amide bonds. The van der Waals surface area contributed by atoms with Crippen molar-refractivity contribution in [2.24, 2.45) is 0 Å². The van der Waals surface area contributed by atoms with Crippen molar-refractivity contribution >= 4 is 22.6 Å². The Morgan fingerprint density at radius 1 is 1.36 bits per heavy atom. The fourth-order valence-electron chi connectivity index (χ4n) is 3.63. The van der Waals surface area contributed by atoms with E-state index in [-0.39, 0.29) is 18.2 Å². The minimum atomic E-state index is -0.405. The summed E-state index contributed by atoms with van der Waals surface area (Å²) >= 11 is 0. The Morgan fingerprint density at radius 3 is 2.89 bits per heavy atom. The van der Waals surface area contributed by atoms with Crippen LogP contribution < -0.4 is 5.56 Å². The second kappa shape index (κ2) is 7.03. The van der Waals surface area contributed by atoms with Crippen LogP contribution in [0.15, 0.2) is 35.3 Å². The lowest BCUT2D eigenvalue weighted by molar-refractivity contribution is 0.0594. The monoisotopic (exact) mass is 384 g/mol. The first-order valence-electron chi connectivity index (χ1n) is 9.33. The van der Waals surface area contributed by atoms with Gasteiger partial charge in [0, 0.05) is 26.5 Å². The van der Waals surface area contributed by atoms with Crippen LogP contribution in [0.2, 0.25) is 0 Å². The first-order chi connectivity index (χ1) is 13.4. The molecule has 1 saturated heterocycles. The minimum Gasteiger partial charge on any atom is -0.385 e. The zero-order chi connectivity index (χ0) is 19.9. The van der Waals surface area contributed by atoms with Crippen LogP contribution >= 0.6 is 0 Å². The number of ether oxygens (including phenoxy) is 2. The molecule has 8 heteroatoms. The Balaban J connectivity index is 1.90. The smallest absolute Gasteiger partial charge is 0.272 e. The summed E-state index contributed by atoms with van der Waals surface area (Å²) in [5.41, 5.74) is 0.934.